The second-order valence-electron chi connectivity index (χ2n) is 3.22. The Bertz CT molecular complexity index is 551. The predicted molar refractivity (Wildman–Crippen MR) is 64.3 cm³/mol. The zero-order valence-corrected chi connectivity index (χ0v) is 9.97. The van der Waals surface area contributed by atoms with Crippen LogP contribution in [0.15, 0.2) is 24.3 Å². The highest BCUT2D eigenvalue weighted by Gasteiger charge is 2.16. The van der Waals surface area contributed by atoms with Crippen molar-refractivity contribution in [3.63, 3.8) is 0 Å². The molecule has 1 aromatic carbocycles. The summed E-state index contributed by atoms with van der Waals surface area (Å²) >= 11 is 7.16. The van der Waals surface area contributed by atoms with E-state index >= 15 is 0 Å². The van der Waals surface area contributed by atoms with Crippen molar-refractivity contribution in [1.29, 1.82) is 0 Å². The maximum Gasteiger partial charge on any atom is 0.347 e. The normalized spacial score (nSPS) is 10.4. The van der Waals surface area contributed by atoms with Gasteiger partial charge in [0.1, 0.15) is 9.88 Å². The maximum atomic E-state index is 10.9. The summed E-state index contributed by atoms with van der Waals surface area (Å²) in [5.74, 6) is -0.951. The van der Waals surface area contributed by atoms with Crippen LogP contribution in [-0.2, 0) is 0 Å². The predicted octanol–water partition coefficient (Wildman–Crippen LogP) is 3.47. The molecule has 0 atom stereocenters. The number of hydrogen-bond donors (Lipinski definition) is 1. The van der Waals surface area contributed by atoms with E-state index in [1.807, 2.05) is 18.2 Å². The Morgan fingerprint density at radius 2 is 2.12 bits per heavy atom. The summed E-state index contributed by atoms with van der Waals surface area (Å²) in [6.07, 6.45) is 0. The number of rotatable bonds is 2. The van der Waals surface area contributed by atoms with E-state index in [4.69, 9.17) is 16.7 Å². The third-order valence-corrected chi connectivity index (χ3v) is 3.60. The van der Waals surface area contributed by atoms with E-state index < -0.39 is 5.97 Å². The van der Waals surface area contributed by atoms with Crippen molar-refractivity contribution in [3.05, 3.63) is 39.9 Å². The summed E-state index contributed by atoms with van der Waals surface area (Å²) in [5.41, 5.74) is 1.29. The molecule has 0 aliphatic rings. The third kappa shape index (κ3) is 1.94. The Hall–Kier alpha value is -1.39. The van der Waals surface area contributed by atoms with Crippen LogP contribution in [0.25, 0.3) is 10.6 Å². The standard InChI is InChI=1S/C11H8ClNO2S/c1-6-9(11(14)15)16-10(13-6)7-4-2-3-5-8(7)12/h2-5H,1H3,(H,14,15). The first-order valence-corrected chi connectivity index (χ1v) is 5.74. The smallest absolute Gasteiger partial charge is 0.347 e. The number of carbonyl (C=O) groups is 1. The molecule has 0 amide bonds. The van der Waals surface area contributed by atoms with E-state index in [9.17, 15) is 4.79 Å². The van der Waals surface area contributed by atoms with Gasteiger partial charge in [-0.25, -0.2) is 9.78 Å². The van der Waals surface area contributed by atoms with Crippen molar-refractivity contribution in [3.8, 4) is 10.6 Å². The Labute approximate surface area is 101 Å². The largest absolute Gasteiger partial charge is 0.477 e. The fraction of sp³-hybridized carbons (Fsp3) is 0.0909. The van der Waals surface area contributed by atoms with Gasteiger partial charge in [0.2, 0.25) is 0 Å². The lowest BCUT2D eigenvalue weighted by atomic mass is 10.2. The lowest BCUT2D eigenvalue weighted by molar-refractivity contribution is 0.0701. The molecular weight excluding hydrogens is 246 g/mol. The number of benzene rings is 1. The van der Waals surface area contributed by atoms with Crippen LogP contribution in [-0.4, -0.2) is 16.1 Å². The van der Waals surface area contributed by atoms with Gasteiger partial charge in [-0.1, -0.05) is 29.8 Å². The first-order valence-electron chi connectivity index (χ1n) is 4.55. The van der Waals surface area contributed by atoms with Crippen LogP contribution in [0.3, 0.4) is 0 Å². The van der Waals surface area contributed by atoms with Crippen molar-refractivity contribution < 1.29 is 9.90 Å². The Morgan fingerprint density at radius 3 is 2.69 bits per heavy atom. The van der Waals surface area contributed by atoms with Crippen LogP contribution in [0.4, 0.5) is 0 Å². The number of carboxylic acids is 1. The van der Waals surface area contributed by atoms with E-state index in [0.717, 1.165) is 16.9 Å². The molecule has 2 aromatic rings. The lowest BCUT2D eigenvalue weighted by Gasteiger charge is -1.97. The zero-order chi connectivity index (χ0) is 11.7. The van der Waals surface area contributed by atoms with E-state index in [2.05, 4.69) is 4.98 Å². The highest BCUT2D eigenvalue weighted by Crippen LogP contribution is 2.32. The fourth-order valence-corrected chi connectivity index (χ4v) is 2.57. The van der Waals surface area contributed by atoms with Gasteiger partial charge in [-0.2, -0.15) is 0 Å². The van der Waals surface area contributed by atoms with Crippen LogP contribution in [0.5, 0.6) is 0 Å². The Morgan fingerprint density at radius 1 is 1.44 bits per heavy atom. The lowest BCUT2D eigenvalue weighted by Crippen LogP contribution is -1.94. The molecule has 0 aliphatic heterocycles. The number of aromatic nitrogens is 1. The average molecular weight is 254 g/mol. The van der Waals surface area contributed by atoms with E-state index in [-0.39, 0.29) is 4.88 Å². The first kappa shape index (κ1) is 11.1. The van der Waals surface area contributed by atoms with E-state index in [0.29, 0.717) is 15.7 Å². The molecule has 1 aromatic heterocycles. The number of halogens is 1. The monoisotopic (exact) mass is 253 g/mol. The minimum absolute atomic E-state index is 0.259. The second kappa shape index (κ2) is 4.23. The maximum absolute atomic E-state index is 10.9. The molecule has 16 heavy (non-hydrogen) atoms. The van der Waals surface area contributed by atoms with Crippen molar-refractivity contribution in [2.45, 2.75) is 6.92 Å². The molecule has 0 spiro atoms. The molecule has 0 fully saturated rings. The summed E-state index contributed by atoms with van der Waals surface area (Å²) in [5, 5.41) is 10.1. The van der Waals surface area contributed by atoms with Gasteiger partial charge < -0.3 is 5.11 Å². The van der Waals surface area contributed by atoms with Crippen molar-refractivity contribution in [2.24, 2.45) is 0 Å². The number of carboxylic acid groups (broad SMARTS) is 1. The van der Waals surface area contributed by atoms with E-state index in [1.54, 1.807) is 13.0 Å². The van der Waals surface area contributed by atoms with Crippen molar-refractivity contribution >= 4 is 28.9 Å². The van der Waals surface area contributed by atoms with Gasteiger partial charge in [0.15, 0.2) is 0 Å². The first-order chi connectivity index (χ1) is 7.59. The van der Waals surface area contributed by atoms with Gasteiger partial charge in [-0.15, -0.1) is 11.3 Å². The summed E-state index contributed by atoms with van der Waals surface area (Å²) in [7, 11) is 0. The van der Waals surface area contributed by atoms with E-state index in [1.165, 1.54) is 0 Å². The minimum atomic E-state index is -0.951. The summed E-state index contributed by atoms with van der Waals surface area (Å²) in [6.45, 7) is 1.68. The molecular formula is C11H8ClNO2S. The SMILES string of the molecule is Cc1nc(-c2ccccc2Cl)sc1C(=O)O. The van der Waals surface area contributed by atoms with Gasteiger partial charge in [0.25, 0.3) is 0 Å². The molecule has 0 bridgehead atoms. The Kier molecular flexibility index (Phi) is 2.94. The molecule has 0 unspecified atom stereocenters. The number of aryl methyl sites for hydroxylation is 1. The molecule has 0 aliphatic carbocycles. The summed E-state index contributed by atoms with van der Waals surface area (Å²) < 4.78 is 0. The molecule has 5 heteroatoms. The molecule has 3 nitrogen and oxygen atoms in total. The van der Waals surface area contributed by atoms with Crippen molar-refractivity contribution in [1.82, 2.24) is 4.98 Å². The van der Waals surface area contributed by atoms with Gasteiger partial charge in [-0.3, -0.25) is 0 Å². The van der Waals surface area contributed by atoms with Gasteiger partial charge >= 0.3 is 5.97 Å². The molecule has 2 rings (SSSR count). The highest BCUT2D eigenvalue weighted by molar-refractivity contribution is 7.17. The molecule has 0 saturated heterocycles. The average Bonchev–Trinajstić information content (AvgIpc) is 2.61. The topological polar surface area (TPSA) is 50.2 Å². The number of thiazole rings is 1. The second-order valence-corrected chi connectivity index (χ2v) is 4.62. The molecule has 1 N–H and O–H groups in total. The van der Waals surface area contributed by atoms with Crippen LogP contribution in [0.2, 0.25) is 5.02 Å². The van der Waals surface area contributed by atoms with Crippen molar-refractivity contribution in [2.75, 3.05) is 0 Å². The van der Waals surface area contributed by atoms with Crippen LogP contribution in [0.1, 0.15) is 15.4 Å². The number of aromatic carboxylic acids is 1. The number of hydrogen-bond acceptors (Lipinski definition) is 3. The van der Waals surface area contributed by atoms with Gasteiger partial charge in [0.05, 0.1) is 10.7 Å². The highest BCUT2D eigenvalue weighted by atomic mass is 35.5. The van der Waals surface area contributed by atoms with Crippen LogP contribution >= 0.6 is 22.9 Å². The molecule has 0 radical (unpaired) electrons. The molecule has 0 saturated carbocycles. The van der Waals surface area contributed by atoms with Gasteiger partial charge in [0, 0.05) is 5.56 Å². The fourth-order valence-electron chi connectivity index (χ4n) is 1.34. The summed E-state index contributed by atoms with van der Waals surface area (Å²) in [6, 6.07) is 7.25. The summed E-state index contributed by atoms with van der Waals surface area (Å²) in [4.78, 5) is 15.4. The quantitative estimate of drug-likeness (QED) is 0.892. The minimum Gasteiger partial charge on any atom is -0.477 e. The Balaban J connectivity index is 2.54. The van der Waals surface area contributed by atoms with Crippen LogP contribution in [0, 0.1) is 6.92 Å². The van der Waals surface area contributed by atoms with Crippen LogP contribution < -0.4 is 0 Å². The number of nitrogens with zero attached hydrogens (tertiary/aromatic N) is 1. The third-order valence-electron chi connectivity index (χ3n) is 2.10. The van der Waals surface area contributed by atoms with Gasteiger partial charge in [-0.05, 0) is 13.0 Å². The molecule has 82 valence electrons. The molecule has 1 heterocycles. The zero-order valence-electron chi connectivity index (χ0n) is 8.40.